The Bertz CT molecular complexity index is 910. The number of methoxy groups -OCH3 is 1. The van der Waals surface area contributed by atoms with Crippen molar-refractivity contribution < 1.29 is 9.53 Å². The monoisotopic (exact) mass is 341 g/mol. The van der Waals surface area contributed by atoms with E-state index in [0.29, 0.717) is 12.2 Å². The van der Waals surface area contributed by atoms with E-state index in [1.165, 1.54) is 0 Å². The first kappa shape index (κ1) is 17.0. The second kappa shape index (κ2) is 6.96. The minimum absolute atomic E-state index is 0.0795. The highest BCUT2D eigenvalue weighted by atomic mass is 16.5. The molecule has 3 rings (SSSR count). The molecule has 0 aliphatic carbocycles. The fraction of sp³-hybridized carbons (Fsp3) is 0.389. The lowest BCUT2D eigenvalue weighted by atomic mass is 10.2. The van der Waals surface area contributed by atoms with Gasteiger partial charge in [-0.15, -0.1) is 0 Å². The summed E-state index contributed by atoms with van der Waals surface area (Å²) in [4.78, 5) is 16.7. The van der Waals surface area contributed by atoms with E-state index in [2.05, 4.69) is 15.4 Å². The molecule has 0 spiro atoms. The number of hydrogen-bond acceptors (Lipinski definition) is 4. The number of carbonyl (C=O) groups is 1. The van der Waals surface area contributed by atoms with Crippen LogP contribution in [0.15, 0.2) is 24.3 Å². The van der Waals surface area contributed by atoms with Crippen molar-refractivity contribution in [2.45, 2.75) is 26.8 Å². The van der Waals surface area contributed by atoms with Gasteiger partial charge in [-0.3, -0.25) is 9.48 Å². The summed E-state index contributed by atoms with van der Waals surface area (Å²) in [6, 6.07) is 7.68. The van der Waals surface area contributed by atoms with E-state index in [-0.39, 0.29) is 5.91 Å². The summed E-state index contributed by atoms with van der Waals surface area (Å²) in [6.45, 7) is 5.13. The van der Waals surface area contributed by atoms with Gasteiger partial charge in [-0.05, 0) is 38.5 Å². The van der Waals surface area contributed by atoms with Gasteiger partial charge in [0.15, 0.2) is 0 Å². The van der Waals surface area contributed by atoms with Crippen molar-refractivity contribution in [2.75, 3.05) is 13.7 Å². The third-order valence-electron chi connectivity index (χ3n) is 4.28. The van der Waals surface area contributed by atoms with Gasteiger partial charge in [0.2, 0.25) is 0 Å². The maximum atomic E-state index is 12.5. The van der Waals surface area contributed by atoms with E-state index in [1.807, 2.05) is 54.4 Å². The Morgan fingerprint density at radius 1 is 1.28 bits per heavy atom. The Labute approximate surface area is 146 Å². The summed E-state index contributed by atoms with van der Waals surface area (Å²) in [7, 11) is 3.52. The van der Waals surface area contributed by atoms with Gasteiger partial charge in [-0.1, -0.05) is 0 Å². The van der Waals surface area contributed by atoms with Crippen molar-refractivity contribution in [2.24, 2.45) is 7.05 Å². The predicted molar refractivity (Wildman–Crippen MR) is 95.9 cm³/mol. The van der Waals surface area contributed by atoms with Crippen LogP contribution < -0.4 is 10.1 Å². The average molecular weight is 341 g/mol. The van der Waals surface area contributed by atoms with Crippen LogP contribution in [0, 0.1) is 13.8 Å². The predicted octanol–water partition coefficient (Wildman–Crippen LogP) is 2.22. The zero-order chi connectivity index (χ0) is 18.0. The van der Waals surface area contributed by atoms with Crippen molar-refractivity contribution in [3.05, 3.63) is 41.6 Å². The molecule has 2 heterocycles. The molecule has 1 aromatic carbocycles. The van der Waals surface area contributed by atoms with E-state index < -0.39 is 0 Å². The quantitative estimate of drug-likeness (QED) is 0.698. The number of aromatic nitrogens is 4. The minimum atomic E-state index is -0.0795. The molecule has 0 unspecified atom stereocenters. The molecule has 0 aliphatic rings. The molecule has 0 saturated heterocycles. The van der Waals surface area contributed by atoms with Crippen molar-refractivity contribution in [3.8, 4) is 5.75 Å². The number of nitrogens with zero attached hydrogens (tertiary/aromatic N) is 4. The van der Waals surface area contributed by atoms with E-state index in [1.54, 1.807) is 7.11 Å². The summed E-state index contributed by atoms with van der Waals surface area (Å²) in [5.41, 5.74) is 1.61. The minimum Gasteiger partial charge on any atom is -0.497 e. The molecule has 7 nitrogen and oxygen atoms in total. The second-order valence-electron chi connectivity index (χ2n) is 6.05. The number of fused-ring (bicyclic) bond motifs is 1. The van der Waals surface area contributed by atoms with Crippen molar-refractivity contribution >= 4 is 16.8 Å². The van der Waals surface area contributed by atoms with E-state index >= 15 is 0 Å². The van der Waals surface area contributed by atoms with Crippen LogP contribution in [-0.2, 0) is 13.6 Å². The third kappa shape index (κ3) is 3.50. The zero-order valence-electron chi connectivity index (χ0n) is 15.0. The lowest BCUT2D eigenvalue weighted by molar-refractivity contribution is 0.0945. The first-order chi connectivity index (χ1) is 12.0. The Balaban J connectivity index is 1.62. The molecular weight excluding hydrogens is 318 g/mol. The summed E-state index contributed by atoms with van der Waals surface area (Å²) in [5.74, 6) is 2.36. The molecule has 132 valence electrons. The number of hydrogen-bond donors (Lipinski definition) is 1. The van der Waals surface area contributed by atoms with Crippen LogP contribution in [0.3, 0.4) is 0 Å². The third-order valence-corrected chi connectivity index (χ3v) is 4.28. The Morgan fingerprint density at radius 2 is 2.08 bits per heavy atom. The maximum absolute atomic E-state index is 12.5. The number of aryl methyl sites for hydroxylation is 4. The van der Waals surface area contributed by atoms with Crippen LogP contribution in [-0.4, -0.2) is 38.9 Å². The lowest BCUT2D eigenvalue weighted by Gasteiger charge is -2.07. The Hall–Kier alpha value is -2.83. The van der Waals surface area contributed by atoms with Crippen molar-refractivity contribution in [1.82, 2.24) is 24.6 Å². The lowest BCUT2D eigenvalue weighted by Crippen LogP contribution is -2.27. The molecule has 0 aliphatic heterocycles. The SMILES string of the molecule is COc1ccc2cc(C(=O)NCCCn3nc(C)nc3C)n(C)c2c1. The molecule has 3 aromatic rings. The Kier molecular flexibility index (Phi) is 4.74. The molecule has 25 heavy (non-hydrogen) atoms. The van der Waals surface area contributed by atoms with E-state index in [0.717, 1.165) is 41.3 Å². The number of rotatable bonds is 6. The Morgan fingerprint density at radius 3 is 2.76 bits per heavy atom. The van der Waals surface area contributed by atoms with E-state index in [4.69, 9.17) is 4.74 Å². The van der Waals surface area contributed by atoms with Gasteiger partial charge in [0.1, 0.15) is 23.1 Å². The molecule has 0 radical (unpaired) electrons. The highest BCUT2D eigenvalue weighted by Gasteiger charge is 2.13. The zero-order valence-corrected chi connectivity index (χ0v) is 15.0. The van der Waals surface area contributed by atoms with Crippen LogP contribution in [0.25, 0.3) is 10.9 Å². The highest BCUT2D eigenvalue weighted by molar-refractivity contribution is 5.98. The largest absolute Gasteiger partial charge is 0.497 e. The van der Waals surface area contributed by atoms with Gasteiger partial charge >= 0.3 is 0 Å². The molecule has 0 atom stereocenters. The number of amides is 1. The van der Waals surface area contributed by atoms with Crippen LogP contribution in [0.2, 0.25) is 0 Å². The summed E-state index contributed by atoms with van der Waals surface area (Å²) >= 11 is 0. The molecule has 1 amide bonds. The first-order valence-electron chi connectivity index (χ1n) is 8.29. The van der Waals surface area contributed by atoms with Crippen LogP contribution in [0.1, 0.15) is 28.6 Å². The van der Waals surface area contributed by atoms with Crippen LogP contribution in [0.5, 0.6) is 5.75 Å². The fourth-order valence-electron chi connectivity index (χ4n) is 2.95. The molecule has 0 saturated carbocycles. The molecule has 7 heteroatoms. The number of carbonyl (C=O) groups excluding carboxylic acids is 1. The standard InChI is InChI=1S/C18H23N5O2/c1-12-20-13(2)23(21-12)9-5-8-19-18(24)17-10-14-6-7-15(25-4)11-16(14)22(17)3/h6-7,10-11H,5,8-9H2,1-4H3,(H,19,24). The van der Waals surface area contributed by atoms with Gasteiger partial charge in [0.25, 0.3) is 5.91 Å². The molecular formula is C18H23N5O2. The number of benzene rings is 1. The summed E-state index contributed by atoms with van der Waals surface area (Å²) < 4.78 is 9.01. The van der Waals surface area contributed by atoms with Gasteiger partial charge < -0.3 is 14.6 Å². The van der Waals surface area contributed by atoms with Gasteiger partial charge in [0, 0.05) is 31.6 Å². The van der Waals surface area contributed by atoms with Crippen molar-refractivity contribution in [1.29, 1.82) is 0 Å². The van der Waals surface area contributed by atoms with Gasteiger partial charge in [-0.25, -0.2) is 4.98 Å². The highest BCUT2D eigenvalue weighted by Crippen LogP contribution is 2.23. The normalized spacial score (nSPS) is 11.0. The molecule has 0 bridgehead atoms. The number of ether oxygens (including phenoxy) is 1. The summed E-state index contributed by atoms with van der Waals surface area (Å²) in [5, 5.41) is 8.31. The maximum Gasteiger partial charge on any atom is 0.267 e. The first-order valence-corrected chi connectivity index (χ1v) is 8.29. The van der Waals surface area contributed by atoms with Gasteiger partial charge in [-0.2, -0.15) is 5.10 Å². The van der Waals surface area contributed by atoms with Gasteiger partial charge in [0.05, 0.1) is 12.6 Å². The molecule has 1 N–H and O–H groups in total. The van der Waals surface area contributed by atoms with Crippen LogP contribution in [0.4, 0.5) is 0 Å². The van der Waals surface area contributed by atoms with E-state index in [9.17, 15) is 4.79 Å². The molecule has 2 aromatic heterocycles. The van der Waals surface area contributed by atoms with Crippen LogP contribution >= 0.6 is 0 Å². The average Bonchev–Trinajstić information content (AvgIpc) is 3.10. The second-order valence-corrected chi connectivity index (χ2v) is 6.05. The number of nitrogens with one attached hydrogen (secondary N) is 1. The fourth-order valence-corrected chi connectivity index (χ4v) is 2.95. The summed E-state index contributed by atoms with van der Waals surface area (Å²) in [6.07, 6.45) is 0.799. The topological polar surface area (TPSA) is 74.0 Å². The smallest absolute Gasteiger partial charge is 0.267 e. The molecule has 0 fully saturated rings. The van der Waals surface area contributed by atoms with Crippen molar-refractivity contribution in [3.63, 3.8) is 0 Å².